The summed E-state index contributed by atoms with van der Waals surface area (Å²) in [4.78, 5) is 15.6. The summed E-state index contributed by atoms with van der Waals surface area (Å²) >= 11 is 1.73. The maximum atomic E-state index is 11.0. The Morgan fingerprint density at radius 3 is 2.83 bits per heavy atom. The average molecular weight is 263 g/mol. The fourth-order valence-electron chi connectivity index (χ4n) is 1.76. The predicted octanol–water partition coefficient (Wildman–Crippen LogP) is 2.47. The van der Waals surface area contributed by atoms with Crippen LogP contribution in [0.3, 0.4) is 0 Å². The Labute approximate surface area is 111 Å². The van der Waals surface area contributed by atoms with Crippen molar-refractivity contribution in [3.63, 3.8) is 0 Å². The molecule has 1 amide bonds. The van der Waals surface area contributed by atoms with E-state index in [4.69, 9.17) is 5.73 Å². The van der Waals surface area contributed by atoms with E-state index in [0.717, 1.165) is 29.4 Å². The number of thioether (sulfide) groups is 1. The molecule has 1 unspecified atom stereocenters. The molecule has 1 aromatic carbocycles. The molecule has 0 radical (unpaired) electrons. The molecule has 1 aliphatic rings. The molecule has 0 bridgehead atoms. The van der Waals surface area contributed by atoms with Crippen molar-refractivity contribution in [2.75, 3.05) is 11.1 Å². The van der Waals surface area contributed by atoms with E-state index in [0.29, 0.717) is 11.6 Å². The van der Waals surface area contributed by atoms with E-state index in [1.54, 1.807) is 23.9 Å². The summed E-state index contributed by atoms with van der Waals surface area (Å²) in [5.74, 6) is 0.695. The van der Waals surface area contributed by atoms with E-state index in [2.05, 4.69) is 17.2 Å². The van der Waals surface area contributed by atoms with Crippen molar-refractivity contribution in [1.29, 1.82) is 0 Å². The number of hydrogen-bond acceptors (Lipinski definition) is 4. The third-order valence-corrected chi connectivity index (χ3v) is 3.80. The third-order valence-electron chi connectivity index (χ3n) is 2.88. The highest BCUT2D eigenvalue weighted by atomic mass is 32.2. The smallest absolute Gasteiger partial charge is 0.248 e. The molecule has 0 spiro atoms. The highest BCUT2D eigenvalue weighted by molar-refractivity contribution is 8.14. The fourth-order valence-corrected chi connectivity index (χ4v) is 2.76. The van der Waals surface area contributed by atoms with E-state index in [-0.39, 0.29) is 0 Å². The number of carbonyl (C=O) groups excluding carboxylic acids is 1. The first-order valence-corrected chi connectivity index (χ1v) is 7.05. The van der Waals surface area contributed by atoms with Gasteiger partial charge in [-0.3, -0.25) is 9.79 Å². The van der Waals surface area contributed by atoms with Gasteiger partial charge in [-0.05, 0) is 37.1 Å². The van der Waals surface area contributed by atoms with Gasteiger partial charge in [-0.15, -0.1) is 0 Å². The first kappa shape index (κ1) is 13.0. The zero-order chi connectivity index (χ0) is 13.0. The number of nitrogens with one attached hydrogen (secondary N) is 1. The molecule has 0 saturated heterocycles. The van der Waals surface area contributed by atoms with E-state index in [1.165, 1.54) is 0 Å². The summed E-state index contributed by atoms with van der Waals surface area (Å²) in [6, 6.07) is 7.56. The van der Waals surface area contributed by atoms with Crippen LogP contribution in [-0.2, 0) is 0 Å². The Morgan fingerprint density at radius 1 is 1.50 bits per heavy atom. The van der Waals surface area contributed by atoms with Crippen LogP contribution in [0.5, 0.6) is 0 Å². The standard InChI is InChI=1S/C13H17N3OS/c1-2-10-7-8-18-13(15-10)16-11-5-3-9(4-6-11)12(14)17/h3-6,10H,2,7-8H2,1H3,(H2,14,17)(H,15,16). The van der Waals surface area contributed by atoms with E-state index in [9.17, 15) is 4.79 Å². The second-order valence-electron chi connectivity index (χ2n) is 4.20. The minimum absolute atomic E-state index is 0.406. The number of rotatable bonds is 3. The van der Waals surface area contributed by atoms with Crippen LogP contribution in [-0.4, -0.2) is 22.9 Å². The summed E-state index contributed by atoms with van der Waals surface area (Å²) in [5, 5.41) is 4.23. The van der Waals surface area contributed by atoms with Crippen LogP contribution in [0.1, 0.15) is 30.1 Å². The lowest BCUT2D eigenvalue weighted by Crippen LogP contribution is -2.19. The van der Waals surface area contributed by atoms with Gasteiger partial charge in [0.2, 0.25) is 5.91 Å². The SMILES string of the molecule is CCC1CCSC(Nc2ccc(C(N)=O)cc2)=N1. The Balaban J connectivity index is 2.05. The Bertz CT molecular complexity index is 456. The van der Waals surface area contributed by atoms with Crippen LogP contribution in [0.2, 0.25) is 0 Å². The number of nitrogens with zero attached hydrogens (tertiary/aromatic N) is 1. The number of amidine groups is 1. The summed E-state index contributed by atoms with van der Waals surface area (Å²) in [7, 11) is 0. The molecule has 96 valence electrons. The summed E-state index contributed by atoms with van der Waals surface area (Å²) in [6.45, 7) is 2.16. The van der Waals surface area contributed by atoms with Gasteiger partial charge in [0.1, 0.15) is 0 Å². The van der Waals surface area contributed by atoms with E-state index < -0.39 is 5.91 Å². The van der Waals surface area contributed by atoms with Crippen LogP contribution < -0.4 is 11.1 Å². The highest BCUT2D eigenvalue weighted by Crippen LogP contribution is 2.21. The monoisotopic (exact) mass is 263 g/mol. The molecular weight excluding hydrogens is 246 g/mol. The molecule has 0 aliphatic carbocycles. The molecule has 0 fully saturated rings. The summed E-state index contributed by atoms with van der Waals surface area (Å²) in [6.07, 6.45) is 2.22. The average Bonchev–Trinajstić information content (AvgIpc) is 2.39. The van der Waals surface area contributed by atoms with E-state index in [1.807, 2.05) is 12.1 Å². The molecule has 1 aromatic rings. The lowest BCUT2D eigenvalue weighted by atomic mass is 10.2. The van der Waals surface area contributed by atoms with Crippen molar-refractivity contribution in [2.45, 2.75) is 25.8 Å². The van der Waals surface area contributed by atoms with Gasteiger partial charge in [0, 0.05) is 17.0 Å². The number of carbonyl (C=O) groups is 1. The Morgan fingerprint density at radius 2 is 2.22 bits per heavy atom. The highest BCUT2D eigenvalue weighted by Gasteiger charge is 2.13. The number of primary amides is 1. The normalized spacial score (nSPS) is 19.2. The van der Waals surface area contributed by atoms with Crippen LogP contribution in [0.25, 0.3) is 0 Å². The molecule has 18 heavy (non-hydrogen) atoms. The second kappa shape index (κ2) is 5.91. The van der Waals surface area contributed by atoms with Crippen molar-refractivity contribution in [3.8, 4) is 0 Å². The van der Waals surface area contributed by atoms with Gasteiger partial charge in [0.25, 0.3) is 0 Å². The molecule has 0 saturated carbocycles. The van der Waals surface area contributed by atoms with Crippen LogP contribution in [0.4, 0.5) is 5.69 Å². The van der Waals surface area contributed by atoms with Gasteiger partial charge in [-0.25, -0.2) is 0 Å². The minimum atomic E-state index is -0.406. The van der Waals surface area contributed by atoms with Crippen LogP contribution in [0, 0.1) is 0 Å². The number of nitrogens with two attached hydrogens (primary N) is 1. The quantitative estimate of drug-likeness (QED) is 0.880. The topological polar surface area (TPSA) is 67.5 Å². The summed E-state index contributed by atoms with van der Waals surface area (Å²) in [5.41, 5.74) is 6.65. The fraction of sp³-hybridized carbons (Fsp3) is 0.385. The van der Waals surface area contributed by atoms with Crippen LogP contribution in [0.15, 0.2) is 29.3 Å². The predicted molar refractivity (Wildman–Crippen MR) is 77.2 cm³/mol. The minimum Gasteiger partial charge on any atom is -0.366 e. The Hall–Kier alpha value is -1.49. The molecule has 1 atom stereocenters. The summed E-state index contributed by atoms with van der Waals surface area (Å²) < 4.78 is 0. The van der Waals surface area contributed by atoms with Crippen LogP contribution >= 0.6 is 11.8 Å². The number of aliphatic imine (C=N–C) groups is 1. The number of anilines is 1. The molecule has 0 aromatic heterocycles. The van der Waals surface area contributed by atoms with Crippen molar-refractivity contribution in [1.82, 2.24) is 0 Å². The molecule has 2 rings (SSSR count). The maximum Gasteiger partial charge on any atom is 0.248 e. The zero-order valence-corrected chi connectivity index (χ0v) is 11.2. The van der Waals surface area contributed by atoms with Crippen molar-refractivity contribution in [2.24, 2.45) is 10.7 Å². The van der Waals surface area contributed by atoms with Gasteiger partial charge in [-0.2, -0.15) is 0 Å². The third kappa shape index (κ3) is 3.26. The molecule has 1 heterocycles. The van der Waals surface area contributed by atoms with Crippen molar-refractivity contribution in [3.05, 3.63) is 29.8 Å². The molecule has 5 heteroatoms. The lowest BCUT2D eigenvalue weighted by Gasteiger charge is -2.19. The molecule has 1 aliphatic heterocycles. The van der Waals surface area contributed by atoms with Crippen molar-refractivity contribution < 1.29 is 4.79 Å². The first-order valence-electron chi connectivity index (χ1n) is 6.06. The van der Waals surface area contributed by atoms with Gasteiger partial charge < -0.3 is 11.1 Å². The van der Waals surface area contributed by atoms with Crippen molar-refractivity contribution >= 4 is 28.5 Å². The largest absolute Gasteiger partial charge is 0.366 e. The van der Waals surface area contributed by atoms with Gasteiger partial charge in [0.05, 0.1) is 6.04 Å². The van der Waals surface area contributed by atoms with E-state index >= 15 is 0 Å². The van der Waals surface area contributed by atoms with Gasteiger partial charge in [-0.1, -0.05) is 18.7 Å². The molecular formula is C13H17N3OS. The zero-order valence-electron chi connectivity index (χ0n) is 10.3. The van der Waals surface area contributed by atoms with Gasteiger partial charge >= 0.3 is 0 Å². The maximum absolute atomic E-state index is 11.0. The lowest BCUT2D eigenvalue weighted by molar-refractivity contribution is 0.100. The number of amides is 1. The molecule has 4 nitrogen and oxygen atoms in total. The number of hydrogen-bond donors (Lipinski definition) is 2. The Kier molecular flexibility index (Phi) is 4.25. The molecule has 3 N–H and O–H groups in total. The first-order chi connectivity index (χ1) is 8.69. The second-order valence-corrected chi connectivity index (χ2v) is 5.28. The van der Waals surface area contributed by atoms with Gasteiger partial charge in [0.15, 0.2) is 5.17 Å². The number of benzene rings is 1.